The lowest BCUT2D eigenvalue weighted by Gasteiger charge is -2.35. The van der Waals surface area contributed by atoms with Crippen molar-refractivity contribution in [3.63, 3.8) is 0 Å². The largest absolute Gasteiger partial charge is 0.368 e. The maximum Gasteiger partial charge on any atom is 0.271 e. The zero-order chi connectivity index (χ0) is 13.1. The Morgan fingerprint density at radius 2 is 2.00 bits per heavy atom. The number of halogens is 1. The van der Waals surface area contributed by atoms with Crippen molar-refractivity contribution < 1.29 is 4.92 Å². The number of nitro groups is 1. The van der Waals surface area contributed by atoms with E-state index in [1.165, 1.54) is 12.1 Å². The van der Waals surface area contributed by atoms with Crippen LogP contribution in [0.4, 0.5) is 11.4 Å². The van der Waals surface area contributed by atoms with Crippen molar-refractivity contribution in [2.24, 2.45) is 0 Å². The molecule has 0 aliphatic carbocycles. The smallest absolute Gasteiger partial charge is 0.271 e. The Bertz CT molecular complexity index is 445. The lowest BCUT2D eigenvalue weighted by molar-refractivity contribution is -0.384. The fraction of sp³-hybridized carbons (Fsp3) is 0.500. The average molecular weight is 270 g/mol. The summed E-state index contributed by atoms with van der Waals surface area (Å²) in [7, 11) is 0. The first-order valence-corrected chi connectivity index (χ1v) is 6.41. The topological polar surface area (TPSA) is 49.6 Å². The molecule has 0 N–H and O–H groups in total. The molecule has 1 saturated heterocycles. The SMILES string of the molecule is CCN1CCN(c2ccc([N+](=O)[O-])cc2Cl)CC1. The van der Waals surface area contributed by atoms with Crippen molar-refractivity contribution in [3.05, 3.63) is 33.3 Å². The highest BCUT2D eigenvalue weighted by molar-refractivity contribution is 6.33. The molecule has 2 rings (SSSR count). The molecular formula is C12H16ClN3O2. The second-order valence-electron chi connectivity index (χ2n) is 4.31. The molecule has 0 bridgehead atoms. The third kappa shape index (κ3) is 2.73. The summed E-state index contributed by atoms with van der Waals surface area (Å²) in [6, 6.07) is 4.67. The zero-order valence-electron chi connectivity index (χ0n) is 10.3. The highest BCUT2D eigenvalue weighted by Gasteiger charge is 2.19. The molecule has 0 radical (unpaired) electrons. The third-order valence-electron chi connectivity index (χ3n) is 3.30. The first-order valence-electron chi connectivity index (χ1n) is 6.03. The molecule has 18 heavy (non-hydrogen) atoms. The molecule has 5 nitrogen and oxygen atoms in total. The van der Waals surface area contributed by atoms with Crippen LogP contribution in [0.1, 0.15) is 6.92 Å². The quantitative estimate of drug-likeness (QED) is 0.624. The van der Waals surface area contributed by atoms with E-state index in [2.05, 4.69) is 16.7 Å². The molecule has 1 aromatic rings. The predicted octanol–water partition coefficient (Wildman–Crippen LogP) is 2.39. The molecule has 0 amide bonds. The van der Waals surface area contributed by atoms with Gasteiger partial charge in [-0.25, -0.2) is 0 Å². The van der Waals surface area contributed by atoms with Crippen LogP contribution in [-0.4, -0.2) is 42.5 Å². The Morgan fingerprint density at radius 1 is 1.33 bits per heavy atom. The van der Waals surface area contributed by atoms with Crippen molar-refractivity contribution in [1.82, 2.24) is 4.90 Å². The first kappa shape index (κ1) is 13.1. The van der Waals surface area contributed by atoms with Gasteiger partial charge in [-0.1, -0.05) is 18.5 Å². The van der Waals surface area contributed by atoms with Crippen molar-refractivity contribution in [1.29, 1.82) is 0 Å². The van der Waals surface area contributed by atoms with Crippen LogP contribution in [0.3, 0.4) is 0 Å². The van der Waals surface area contributed by atoms with Gasteiger partial charge in [0.1, 0.15) is 0 Å². The Balaban J connectivity index is 2.12. The van der Waals surface area contributed by atoms with Crippen LogP contribution >= 0.6 is 11.6 Å². The van der Waals surface area contributed by atoms with Crippen LogP contribution in [0.5, 0.6) is 0 Å². The fourth-order valence-electron chi connectivity index (χ4n) is 2.17. The lowest BCUT2D eigenvalue weighted by atomic mass is 10.2. The number of non-ortho nitro benzene ring substituents is 1. The summed E-state index contributed by atoms with van der Waals surface area (Å²) in [5.74, 6) is 0. The summed E-state index contributed by atoms with van der Waals surface area (Å²) >= 11 is 6.12. The summed E-state index contributed by atoms with van der Waals surface area (Å²) < 4.78 is 0. The Labute approximate surface area is 111 Å². The molecular weight excluding hydrogens is 254 g/mol. The second-order valence-corrected chi connectivity index (χ2v) is 4.72. The lowest BCUT2D eigenvalue weighted by Crippen LogP contribution is -2.46. The van der Waals surface area contributed by atoms with Gasteiger partial charge in [0.15, 0.2) is 0 Å². The zero-order valence-corrected chi connectivity index (χ0v) is 11.1. The molecule has 1 heterocycles. The highest BCUT2D eigenvalue weighted by atomic mass is 35.5. The van der Waals surface area contributed by atoms with E-state index < -0.39 is 4.92 Å². The van der Waals surface area contributed by atoms with Gasteiger partial charge in [0.2, 0.25) is 0 Å². The van der Waals surface area contributed by atoms with Gasteiger partial charge in [-0.05, 0) is 12.6 Å². The molecule has 0 atom stereocenters. The summed E-state index contributed by atoms with van der Waals surface area (Å²) in [6.45, 7) is 7.03. The molecule has 98 valence electrons. The third-order valence-corrected chi connectivity index (χ3v) is 3.61. The van der Waals surface area contributed by atoms with Crippen LogP contribution in [0.15, 0.2) is 18.2 Å². The van der Waals surface area contributed by atoms with Gasteiger partial charge in [-0.2, -0.15) is 0 Å². The van der Waals surface area contributed by atoms with E-state index in [4.69, 9.17) is 11.6 Å². The molecule has 1 aliphatic heterocycles. The van der Waals surface area contributed by atoms with Gasteiger partial charge in [0.05, 0.1) is 15.6 Å². The van der Waals surface area contributed by atoms with Crippen LogP contribution in [0.2, 0.25) is 5.02 Å². The molecule has 0 aromatic heterocycles. The second kappa shape index (κ2) is 5.54. The Kier molecular flexibility index (Phi) is 4.04. The molecule has 6 heteroatoms. The number of piperazine rings is 1. The first-order chi connectivity index (χ1) is 8.61. The number of hydrogen-bond acceptors (Lipinski definition) is 4. The van der Waals surface area contributed by atoms with Gasteiger partial charge in [0, 0.05) is 38.3 Å². The van der Waals surface area contributed by atoms with E-state index in [9.17, 15) is 10.1 Å². The molecule has 1 fully saturated rings. The van der Waals surface area contributed by atoms with Crippen LogP contribution in [-0.2, 0) is 0 Å². The molecule has 0 saturated carbocycles. The number of likely N-dealkylation sites (N-methyl/N-ethyl adjacent to an activating group) is 1. The summed E-state index contributed by atoms with van der Waals surface area (Å²) in [5.41, 5.74) is 0.925. The number of anilines is 1. The summed E-state index contributed by atoms with van der Waals surface area (Å²) in [6.07, 6.45) is 0. The van der Waals surface area contributed by atoms with Crippen LogP contribution in [0.25, 0.3) is 0 Å². The number of nitro benzene ring substituents is 1. The van der Waals surface area contributed by atoms with E-state index in [0.717, 1.165) is 38.4 Å². The molecule has 1 aliphatic rings. The Hall–Kier alpha value is -1.33. The van der Waals surface area contributed by atoms with E-state index in [-0.39, 0.29) is 5.69 Å². The predicted molar refractivity (Wildman–Crippen MR) is 72.4 cm³/mol. The van der Waals surface area contributed by atoms with Crippen LogP contribution in [0, 0.1) is 10.1 Å². The summed E-state index contributed by atoms with van der Waals surface area (Å²) in [4.78, 5) is 14.8. The van der Waals surface area contributed by atoms with Crippen molar-refractivity contribution in [2.75, 3.05) is 37.6 Å². The minimum absolute atomic E-state index is 0.0379. The number of nitrogens with zero attached hydrogens (tertiary/aromatic N) is 3. The van der Waals surface area contributed by atoms with E-state index >= 15 is 0 Å². The van der Waals surface area contributed by atoms with E-state index in [1.54, 1.807) is 6.07 Å². The minimum Gasteiger partial charge on any atom is -0.368 e. The minimum atomic E-state index is -0.426. The van der Waals surface area contributed by atoms with Gasteiger partial charge in [-0.15, -0.1) is 0 Å². The van der Waals surface area contributed by atoms with Crippen molar-refractivity contribution in [2.45, 2.75) is 6.92 Å². The van der Waals surface area contributed by atoms with Gasteiger partial charge >= 0.3 is 0 Å². The monoisotopic (exact) mass is 269 g/mol. The van der Waals surface area contributed by atoms with Gasteiger partial charge in [0.25, 0.3) is 5.69 Å². The average Bonchev–Trinajstić information content (AvgIpc) is 2.38. The standard InChI is InChI=1S/C12H16ClN3O2/c1-2-14-5-7-15(8-6-14)12-4-3-10(16(17)18)9-11(12)13/h3-4,9H,2,5-8H2,1H3. The molecule has 0 spiro atoms. The summed E-state index contributed by atoms with van der Waals surface area (Å²) in [5, 5.41) is 11.1. The van der Waals surface area contributed by atoms with Gasteiger partial charge < -0.3 is 9.80 Å². The maximum atomic E-state index is 10.6. The fourth-order valence-corrected chi connectivity index (χ4v) is 2.47. The van der Waals surface area contributed by atoms with Crippen molar-refractivity contribution >= 4 is 23.0 Å². The maximum absolute atomic E-state index is 10.6. The molecule has 0 unspecified atom stereocenters. The van der Waals surface area contributed by atoms with E-state index in [0.29, 0.717) is 5.02 Å². The highest BCUT2D eigenvalue weighted by Crippen LogP contribution is 2.30. The Morgan fingerprint density at radius 3 is 2.50 bits per heavy atom. The van der Waals surface area contributed by atoms with Crippen molar-refractivity contribution in [3.8, 4) is 0 Å². The molecule has 1 aromatic carbocycles. The normalized spacial score (nSPS) is 16.9. The van der Waals surface area contributed by atoms with E-state index in [1.807, 2.05) is 0 Å². The number of benzene rings is 1. The number of rotatable bonds is 3. The van der Waals surface area contributed by atoms with Gasteiger partial charge in [-0.3, -0.25) is 10.1 Å². The number of hydrogen-bond donors (Lipinski definition) is 0. The van der Waals surface area contributed by atoms with Crippen LogP contribution < -0.4 is 4.90 Å².